The van der Waals surface area contributed by atoms with Crippen LogP contribution < -0.4 is 5.32 Å². The average molecular weight is 295 g/mol. The lowest BCUT2D eigenvalue weighted by Gasteiger charge is -2.38. The molecule has 21 heavy (non-hydrogen) atoms. The summed E-state index contributed by atoms with van der Waals surface area (Å²) in [5, 5.41) is 3.43. The summed E-state index contributed by atoms with van der Waals surface area (Å²) in [6, 6.07) is 0.487. The Hall–Kier alpha value is -0.610. The van der Waals surface area contributed by atoms with E-state index in [9.17, 15) is 4.79 Å². The van der Waals surface area contributed by atoms with Crippen molar-refractivity contribution < 1.29 is 4.79 Å². The van der Waals surface area contributed by atoms with Gasteiger partial charge in [0.2, 0.25) is 5.91 Å². The smallest absolute Gasteiger partial charge is 0.225 e. The lowest BCUT2D eigenvalue weighted by atomic mass is 9.91. The molecular formula is C17H33N3O. The average Bonchev–Trinajstić information content (AvgIpc) is 2.44. The molecule has 0 spiro atoms. The zero-order valence-corrected chi connectivity index (χ0v) is 14.3. The summed E-state index contributed by atoms with van der Waals surface area (Å²) in [5.74, 6) is 0.654. The molecule has 2 heterocycles. The molecule has 1 N–H and O–H groups in total. The normalized spacial score (nSPS) is 28.7. The van der Waals surface area contributed by atoms with Crippen molar-refractivity contribution in [2.45, 2.75) is 53.0 Å². The number of hydrogen-bond acceptors (Lipinski definition) is 3. The van der Waals surface area contributed by atoms with Gasteiger partial charge in [0.1, 0.15) is 0 Å². The maximum absolute atomic E-state index is 12.6. The molecule has 2 aliphatic heterocycles. The second-order valence-corrected chi connectivity index (χ2v) is 8.05. The Morgan fingerprint density at radius 3 is 2.43 bits per heavy atom. The lowest BCUT2D eigenvalue weighted by molar-refractivity contribution is -0.138. The molecular weight excluding hydrogens is 262 g/mol. The van der Waals surface area contributed by atoms with E-state index >= 15 is 0 Å². The predicted octanol–water partition coefficient (Wildman–Crippen LogP) is 1.95. The molecule has 2 atom stereocenters. The first-order valence-corrected chi connectivity index (χ1v) is 8.60. The number of rotatable bonds is 3. The van der Waals surface area contributed by atoms with E-state index in [1.807, 2.05) is 0 Å². The number of amides is 1. The van der Waals surface area contributed by atoms with Crippen LogP contribution in [-0.2, 0) is 4.79 Å². The fraction of sp³-hybridized carbons (Fsp3) is 0.941. The first-order chi connectivity index (χ1) is 9.85. The maximum atomic E-state index is 12.6. The molecule has 0 aliphatic carbocycles. The second-order valence-electron chi connectivity index (χ2n) is 8.05. The third-order valence-electron chi connectivity index (χ3n) is 4.83. The number of nitrogens with zero attached hydrogens (tertiary/aromatic N) is 2. The number of carbonyl (C=O) groups is 1. The van der Waals surface area contributed by atoms with Gasteiger partial charge in [-0.05, 0) is 44.7 Å². The summed E-state index contributed by atoms with van der Waals surface area (Å²) in [7, 11) is 0. The molecule has 2 rings (SSSR count). The highest BCUT2D eigenvalue weighted by molar-refractivity contribution is 5.79. The summed E-state index contributed by atoms with van der Waals surface area (Å²) >= 11 is 0. The quantitative estimate of drug-likeness (QED) is 0.864. The minimum atomic E-state index is 0.252. The monoisotopic (exact) mass is 295 g/mol. The number of hydrogen-bond donors (Lipinski definition) is 1. The first kappa shape index (κ1) is 16.8. The van der Waals surface area contributed by atoms with E-state index in [2.05, 4.69) is 42.8 Å². The van der Waals surface area contributed by atoms with Crippen molar-refractivity contribution in [1.82, 2.24) is 15.1 Å². The number of nitrogens with one attached hydrogen (secondary N) is 1. The molecule has 1 amide bonds. The maximum Gasteiger partial charge on any atom is 0.225 e. The Morgan fingerprint density at radius 2 is 1.86 bits per heavy atom. The van der Waals surface area contributed by atoms with Gasteiger partial charge in [-0.2, -0.15) is 0 Å². The summed E-state index contributed by atoms with van der Waals surface area (Å²) in [6.07, 6.45) is 3.24. The zero-order chi connectivity index (χ0) is 15.5. The number of piperazine rings is 1. The highest BCUT2D eigenvalue weighted by Crippen LogP contribution is 2.21. The molecule has 4 heteroatoms. The molecule has 0 radical (unpaired) electrons. The van der Waals surface area contributed by atoms with Crippen molar-refractivity contribution in [3.63, 3.8) is 0 Å². The standard InChI is InChI=1S/C17H33N3O/c1-14-13-15(5-7-18-14)16(21)20-11-9-19(10-12-20)8-6-17(2,3)4/h14-15,18H,5-13H2,1-4H3/t14-,15-/m0/s1. The van der Waals surface area contributed by atoms with E-state index < -0.39 is 0 Å². The highest BCUT2D eigenvalue weighted by atomic mass is 16.2. The topological polar surface area (TPSA) is 35.6 Å². The fourth-order valence-electron chi connectivity index (χ4n) is 3.30. The fourth-order valence-corrected chi connectivity index (χ4v) is 3.30. The Morgan fingerprint density at radius 1 is 1.19 bits per heavy atom. The molecule has 0 aromatic rings. The van der Waals surface area contributed by atoms with Crippen molar-refractivity contribution in [1.29, 1.82) is 0 Å². The summed E-state index contributed by atoms with van der Waals surface area (Å²) < 4.78 is 0. The third-order valence-corrected chi connectivity index (χ3v) is 4.83. The van der Waals surface area contributed by atoms with Gasteiger partial charge >= 0.3 is 0 Å². The molecule has 0 bridgehead atoms. The molecule has 122 valence electrons. The van der Waals surface area contributed by atoms with Gasteiger partial charge in [0.25, 0.3) is 0 Å². The molecule has 0 saturated carbocycles. The summed E-state index contributed by atoms with van der Waals surface area (Å²) in [5.41, 5.74) is 0.401. The van der Waals surface area contributed by atoms with Gasteiger partial charge in [-0.3, -0.25) is 9.69 Å². The molecule has 4 nitrogen and oxygen atoms in total. The Labute approximate surface area is 130 Å². The van der Waals surface area contributed by atoms with Gasteiger partial charge in [-0.15, -0.1) is 0 Å². The second kappa shape index (κ2) is 7.10. The van der Waals surface area contributed by atoms with Crippen LogP contribution in [0.3, 0.4) is 0 Å². The molecule has 2 aliphatic rings. The van der Waals surface area contributed by atoms with Crippen molar-refractivity contribution in [3.8, 4) is 0 Å². The van der Waals surface area contributed by atoms with Crippen LogP contribution in [0.2, 0.25) is 0 Å². The molecule has 2 saturated heterocycles. The van der Waals surface area contributed by atoms with Crippen molar-refractivity contribution in [2.75, 3.05) is 39.3 Å². The summed E-state index contributed by atoms with van der Waals surface area (Å²) in [4.78, 5) is 17.2. The van der Waals surface area contributed by atoms with Crippen LogP contribution in [0.1, 0.15) is 47.0 Å². The number of piperidine rings is 1. The minimum absolute atomic E-state index is 0.252. The zero-order valence-electron chi connectivity index (χ0n) is 14.3. The Bertz CT molecular complexity index is 342. The molecule has 2 fully saturated rings. The SMILES string of the molecule is C[C@H]1C[C@@H](C(=O)N2CCN(CCC(C)(C)C)CC2)CCN1. The van der Waals surface area contributed by atoms with Crippen LogP contribution in [0.5, 0.6) is 0 Å². The van der Waals surface area contributed by atoms with E-state index in [0.29, 0.717) is 17.4 Å². The lowest BCUT2D eigenvalue weighted by Crippen LogP contribution is -2.52. The highest BCUT2D eigenvalue weighted by Gasteiger charge is 2.30. The first-order valence-electron chi connectivity index (χ1n) is 8.60. The van der Waals surface area contributed by atoms with Crippen LogP contribution in [0.4, 0.5) is 0 Å². The predicted molar refractivity (Wildman–Crippen MR) is 87.3 cm³/mol. The van der Waals surface area contributed by atoms with Gasteiger partial charge in [-0.25, -0.2) is 0 Å². The van der Waals surface area contributed by atoms with Crippen LogP contribution >= 0.6 is 0 Å². The Kier molecular flexibility index (Phi) is 5.67. The van der Waals surface area contributed by atoms with E-state index in [1.165, 1.54) is 6.42 Å². The Balaban J connectivity index is 1.74. The largest absolute Gasteiger partial charge is 0.340 e. The van der Waals surface area contributed by atoms with Crippen LogP contribution in [0, 0.1) is 11.3 Å². The van der Waals surface area contributed by atoms with Gasteiger partial charge in [0.15, 0.2) is 0 Å². The molecule has 0 aromatic carbocycles. The van der Waals surface area contributed by atoms with Gasteiger partial charge in [-0.1, -0.05) is 20.8 Å². The van der Waals surface area contributed by atoms with Gasteiger partial charge < -0.3 is 10.2 Å². The van der Waals surface area contributed by atoms with Gasteiger partial charge in [0, 0.05) is 38.1 Å². The van der Waals surface area contributed by atoms with Crippen LogP contribution in [0.25, 0.3) is 0 Å². The van der Waals surface area contributed by atoms with E-state index in [-0.39, 0.29) is 5.92 Å². The van der Waals surface area contributed by atoms with Crippen LogP contribution in [0.15, 0.2) is 0 Å². The van der Waals surface area contributed by atoms with Crippen molar-refractivity contribution >= 4 is 5.91 Å². The minimum Gasteiger partial charge on any atom is -0.340 e. The summed E-state index contributed by atoms with van der Waals surface area (Å²) in [6.45, 7) is 15.2. The van der Waals surface area contributed by atoms with Crippen molar-refractivity contribution in [3.05, 3.63) is 0 Å². The van der Waals surface area contributed by atoms with E-state index in [0.717, 1.165) is 52.1 Å². The van der Waals surface area contributed by atoms with Gasteiger partial charge in [0.05, 0.1) is 0 Å². The molecule has 0 aromatic heterocycles. The van der Waals surface area contributed by atoms with Crippen LogP contribution in [-0.4, -0.2) is 61.0 Å². The third kappa shape index (κ3) is 5.26. The van der Waals surface area contributed by atoms with E-state index in [4.69, 9.17) is 0 Å². The van der Waals surface area contributed by atoms with E-state index in [1.54, 1.807) is 0 Å². The number of carbonyl (C=O) groups excluding carboxylic acids is 1. The van der Waals surface area contributed by atoms with Crippen molar-refractivity contribution in [2.24, 2.45) is 11.3 Å². The molecule has 0 unspecified atom stereocenters.